The zero-order valence-corrected chi connectivity index (χ0v) is 29.2. The third kappa shape index (κ3) is 6.16. The molecule has 46 heavy (non-hydrogen) atoms. The highest BCUT2D eigenvalue weighted by Crippen LogP contribution is 2.58. The lowest BCUT2D eigenvalue weighted by atomic mass is 9.85. The molecular formula is C44H56NP. The van der Waals surface area contributed by atoms with Gasteiger partial charge in [-0.15, -0.1) is 0 Å². The Balaban J connectivity index is 1.41. The van der Waals surface area contributed by atoms with Gasteiger partial charge in [-0.3, -0.25) is 0 Å². The van der Waals surface area contributed by atoms with E-state index in [4.69, 9.17) is 0 Å². The second-order valence-electron chi connectivity index (χ2n) is 15.3. The number of rotatable bonds is 7. The summed E-state index contributed by atoms with van der Waals surface area (Å²) in [5.41, 5.74) is 6.55. The van der Waals surface area contributed by atoms with Crippen LogP contribution in [0.1, 0.15) is 128 Å². The molecule has 1 nitrogen and oxygen atoms in total. The van der Waals surface area contributed by atoms with E-state index in [2.05, 4.69) is 77.7 Å². The van der Waals surface area contributed by atoms with Crippen molar-refractivity contribution >= 4 is 40.5 Å². The molecule has 2 heteroatoms. The highest BCUT2D eigenvalue weighted by molar-refractivity contribution is 7.67. The first-order valence-electron chi connectivity index (χ1n) is 19.5. The monoisotopic (exact) mass is 629 g/mol. The molecule has 4 aromatic rings. The molecule has 0 heterocycles. The minimum atomic E-state index is -0.244. The number of benzene rings is 4. The molecular weight excluding hydrogens is 573 g/mol. The van der Waals surface area contributed by atoms with Gasteiger partial charge in [-0.05, 0) is 101 Å². The van der Waals surface area contributed by atoms with Crippen molar-refractivity contribution in [2.24, 2.45) is 0 Å². The van der Waals surface area contributed by atoms with E-state index in [1.54, 1.807) is 22.1 Å². The SMILES string of the molecule is c1ccc2c(-c3c(P(C4CCCCC4)C4CCCCC4)ccc4ccccc34)c(N(C3CCCCC3)C3CCCCC3)ccc2c1. The van der Waals surface area contributed by atoms with E-state index in [0.717, 1.165) is 11.3 Å². The lowest BCUT2D eigenvalue weighted by Crippen LogP contribution is -2.45. The van der Waals surface area contributed by atoms with Crippen LogP contribution in [-0.4, -0.2) is 23.4 Å². The molecule has 0 aromatic heterocycles. The molecule has 4 saturated carbocycles. The normalized spacial score (nSPS) is 21.3. The Labute approximate surface area is 280 Å². The molecule has 4 aromatic carbocycles. The molecule has 242 valence electrons. The van der Waals surface area contributed by atoms with Gasteiger partial charge in [0.05, 0.1) is 0 Å². The summed E-state index contributed by atoms with van der Waals surface area (Å²) in [6, 6.07) is 30.5. The van der Waals surface area contributed by atoms with Gasteiger partial charge in [0, 0.05) is 23.3 Å². The second-order valence-corrected chi connectivity index (χ2v) is 18.1. The van der Waals surface area contributed by atoms with Crippen LogP contribution in [0.4, 0.5) is 5.69 Å². The van der Waals surface area contributed by atoms with Crippen LogP contribution in [0.15, 0.2) is 72.8 Å². The summed E-state index contributed by atoms with van der Waals surface area (Å²) >= 11 is 0. The van der Waals surface area contributed by atoms with Crippen LogP contribution < -0.4 is 10.2 Å². The molecule has 0 unspecified atom stereocenters. The molecule has 0 saturated heterocycles. The Bertz CT molecular complexity index is 1440. The third-order valence-electron chi connectivity index (χ3n) is 12.5. The maximum absolute atomic E-state index is 3.05. The van der Waals surface area contributed by atoms with Crippen molar-refractivity contribution in [3.8, 4) is 11.1 Å². The van der Waals surface area contributed by atoms with Crippen molar-refractivity contribution in [2.75, 3.05) is 4.90 Å². The first-order chi connectivity index (χ1) is 22.9. The Hall–Kier alpha value is -2.37. The maximum atomic E-state index is 3.05. The van der Waals surface area contributed by atoms with Gasteiger partial charge in [0.2, 0.25) is 0 Å². The molecule has 0 atom stereocenters. The molecule has 4 fully saturated rings. The molecule has 0 amide bonds. The summed E-state index contributed by atoms with van der Waals surface area (Å²) in [6.45, 7) is 0. The van der Waals surface area contributed by atoms with Crippen molar-refractivity contribution in [3.63, 3.8) is 0 Å². The van der Waals surface area contributed by atoms with Gasteiger partial charge in [0.15, 0.2) is 0 Å². The second kappa shape index (κ2) is 14.4. The van der Waals surface area contributed by atoms with Crippen molar-refractivity contribution < 1.29 is 0 Å². The van der Waals surface area contributed by atoms with Crippen LogP contribution in [0.5, 0.6) is 0 Å². The number of hydrogen-bond donors (Lipinski definition) is 0. The van der Waals surface area contributed by atoms with Crippen LogP contribution in [-0.2, 0) is 0 Å². The average molecular weight is 630 g/mol. The van der Waals surface area contributed by atoms with E-state index in [1.807, 2.05) is 0 Å². The fourth-order valence-electron chi connectivity index (χ4n) is 10.3. The summed E-state index contributed by atoms with van der Waals surface area (Å²) in [6.07, 6.45) is 28.3. The van der Waals surface area contributed by atoms with Crippen LogP contribution in [0.3, 0.4) is 0 Å². The minimum absolute atomic E-state index is 0.244. The number of hydrogen-bond acceptors (Lipinski definition) is 1. The predicted octanol–water partition coefficient (Wildman–Crippen LogP) is 12.9. The average Bonchev–Trinajstić information content (AvgIpc) is 3.14. The standard InChI is InChI=1S/C44H56NP/c1-5-19-35(20-6-1)45(36-21-7-2-8-22-36)41-31-29-33-17-13-15-27-39(33)43(41)44-40-28-16-14-18-34(40)30-32-42(44)46(37-23-9-3-10-24-37)38-25-11-4-12-26-38/h13-18,27-32,35-38H,1-12,19-26H2. The van der Waals surface area contributed by atoms with Crippen LogP contribution in [0.2, 0.25) is 0 Å². The lowest BCUT2D eigenvalue weighted by molar-refractivity contribution is 0.340. The van der Waals surface area contributed by atoms with E-state index in [-0.39, 0.29) is 7.92 Å². The first kappa shape index (κ1) is 30.9. The van der Waals surface area contributed by atoms with Gasteiger partial charge in [-0.25, -0.2) is 0 Å². The minimum Gasteiger partial charge on any atom is -0.365 e. The van der Waals surface area contributed by atoms with Gasteiger partial charge in [0.1, 0.15) is 0 Å². The molecule has 4 aliphatic carbocycles. The Morgan fingerprint density at radius 2 is 0.848 bits per heavy atom. The topological polar surface area (TPSA) is 3.24 Å². The summed E-state index contributed by atoms with van der Waals surface area (Å²) in [4.78, 5) is 3.05. The number of fused-ring (bicyclic) bond motifs is 2. The largest absolute Gasteiger partial charge is 0.365 e. The summed E-state index contributed by atoms with van der Waals surface area (Å²) in [5, 5.41) is 7.58. The molecule has 0 aliphatic heterocycles. The fraction of sp³-hybridized carbons (Fsp3) is 0.545. The molecule has 0 radical (unpaired) electrons. The summed E-state index contributed by atoms with van der Waals surface area (Å²) < 4.78 is 0. The Kier molecular flexibility index (Phi) is 9.68. The molecule has 0 N–H and O–H groups in total. The van der Waals surface area contributed by atoms with Gasteiger partial charge in [0.25, 0.3) is 0 Å². The van der Waals surface area contributed by atoms with Crippen molar-refractivity contribution in [1.29, 1.82) is 0 Å². The number of nitrogens with zero attached hydrogens (tertiary/aromatic N) is 1. The fourth-order valence-corrected chi connectivity index (χ4v) is 14.3. The van der Waals surface area contributed by atoms with Gasteiger partial charge in [-0.2, -0.15) is 0 Å². The Morgan fingerprint density at radius 3 is 1.37 bits per heavy atom. The lowest BCUT2D eigenvalue weighted by Gasteiger charge is -2.45. The smallest absolute Gasteiger partial charge is 0.0457 e. The Morgan fingerprint density at radius 1 is 0.413 bits per heavy atom. The summed E-state index contributed by atoms with van der Waals surface area (Å²) in [5.74, 6) is 0. The van der Waals surface area contributed by atoms with E-state index in [9.17, 15) is 0 Å². The zero-order valence-electron chi connectivity index (χ0n) is 28.3. The zero-order chi connectivity index (χ0) is 30.7. The van der Waals surface area contributed by atoms with E-state index >= 15 is 0 Å². The highest BCUT2D eigenvalue weighted by atomic mass is 31.1. The van der Waals surface area contributed by atoms with Crippen molar-refractivity contribution in [3.05, 3.63) is 72.8 Å². The van der Waals surface area contributed by atoms with E-state index in [1.165, 1.54) is 150 Å². The van der Waals surface area contributed by atoms with Gasteiger partial charge >= 0.3 is 0 Å². The maximum Gasteiger partial charge on any atom is 0.0457 e. The highest BCUT2D eigenvalue weighted by Gasteiger charge is 2.37. The predicted molar refractivity (Wildman–Crippen MR) is 203 cm³/mol. The summed E-state index contributed by atoms with van der Waals surface area (Å²) in [7, 11) is -0.244. The van der Waals surface area contributed by atoms with Gasteiger partial charge in [-0.1, -0.05) is 152 Å². The first-order valence-corrected chi connectivity index (χ1v) is 21.0. The van der Waals surface area contributed by atoms with E-state index < -0.39 is 0 Å². The van der Waals surface area contributed by atoms with Crippen LogP contribution in [0.25, 0.3) is 32.7 Å². The van der Waals surface area contributed by atoms with Crippen LogP contribution >= 0.6 is 7.92 Å². The molecule has 0 spiro atoms. The van der Waals surface area contributed by atoms with E-state index in [0.29, 0.717) is 12.1 Å². The van der Waals surface area contributed by atoms with Crippen molar-refractivity contribution in [1.82, 2.24) is 0 Å². The third-order valence-corrected chi connectivity index (χ3v) is 16.0. The quantitative estimate of drug-likeness (QED) is 0.184. The number of anilines is 1. The van der Waals surface area contributed by atoms with Crippen LogP contribution in [0, 0.1) is 0 Å². The molecule has 8 rings (SSSR count). The van der Waals surface area contributed by atoms with Gasteiger partial charge < -0.3 is 4.90 Å². The molecule has 0 bridgehead atoms. The van der Waals surface area contributed by atoms with Crippen molar-refractivity contribution in [2.45, 2.75) is 152 Å². The molecule has 4 aliphatic rings.